The van der Waals surface area contributed by atoms with E-state index in [4.69, 9.17) is 17.3 Å². The Morgan fingerprint density at radius 2 is 2.00 bits per heavy atom. The fourth-order valence-corrected chi connectivity index (χ4v) is 2.72. The van der Waals surface area contributed by atoms with Gasteiger partial charge < -0.3 is 11.1 Å². The first kappa shape index (κ1) is 13.2. The third kappa shape index (κ3) is 2.96. The minimum Gasteiger partial charge on any atom is -0.398 e. The van der Waals surface area contributed by atoms with Crippen LogP contribution in [0.15, 0.2) is 18.2 Å². The van der Waals surface area contributed by atoms with Crippen molar-refractivity contribution in [2.24, 2.45) is 0 Å². The van der Waals surface area contributed by atoms with Crippen molar-refractivity contribution in [3.63, 3.8) is 0 Å². The molecule has 1 aliphatic carbocycles. The van der Waals surface area contributed by atoms with Gasteiger partial charge in [0.1, 0.15) is 0 Å². The van der Waals surface area contributed by atoms with E-state index in [9.17, 15) is 4.79 Å². The van der Waals surface area contributed by atoms with Crippen LogP contribution in [-0.2, 0) is 0 Å². The molecule has 0 bridgehead atoms. The number of rotatable bonds is 2. The highest BCUT2D eigenvalue weighted by Crippen LogP contribution is 2.28. The Balaban J connectivity index is 2.11. The molecule has 0 spiro atoms. The van der Waals surface area contributed by atoms with Gasteiger partial charge in [0, 0.05) is 16.2 Å². The summed E-state index contributed by atoms with van der Waals surface area (Å²) in [4.78, 5) is 12.2. The van der Waals surface area contributed by atoms with Crippen molar-refractivity contribution in [3.8, 4) is 0 Å². The zero-order chi connectivity index (χ0) is 13.2. The number of carbonyl (C=O) groups excluding carboxylic acids is 1. The summed E-state index contributed by atoms with van der Waals surface area (Å²) in [5.41, 5.74) is 6.67. The molecule has 1 aliphatic rings. The average molecular weight is 267 g/mol. The molecule has 1 aromatic carbocycles. The number of hydrogen-bond acceptors (Lipinski definition) is 2. The molecule has 2 rings (SSSR count). The fourth-order valence-electron chi connectivity index (χ4n) is 2.54. The number of hydrogen-bond donors (Lipinski definition) is 2. The van der Waals surface area contributed by atoms with E-state index in [0.29, 0.717) is 16.3 Å². The molecule has 0 saturated heterocycles. The van der Waals surface area contributed by atoms with E-state index in [-0.39, 0.29) is 11.4 Å². The van der Waals surface area contributed by atoms with Gasteiger partial charge in [-0.15, -0.1) is 0 Å². The summed E-state index contributed by atoms with van der Waals surface area (Å²) in [5.74, 6) is -0.103. The summed E-state index contributed by atoms with van der Waals surface area (Å²) < 4.78 is 0. The normalized spacial score (nSPS) is 18.3. The van der Waals surface area contributed by atoms with Crippen LogP contribution in [0.1, 0.15) is 49.4 Å². The SMILES string of the molecule is CC1(NC(=O)c2ccc(Cl)cc2N)CCCCC1. The lowest BCUT2D eigenvalue weighted by atomic mass is 9.83. The maximum Gasteiger partial charge on any atom is 0.253 e. The molecule has 0 aromatic heterocycles. The minimum atomic E-state index is -0.103. The van der Waals surface area contributed by atoms with Crippen molar-refractivity contribution in [1.29, 1.82) is 0 Å². The first-order valence-corrected chi connectivity index (χ1v) is 6.75. The second-order valence-corrected chi connectivity index (χ2v) is 5.74. The summed E-state index contributed by atoms with van der Waals surface area (Å²) in [5, 5.41) is 3.66. The number of amides is 1. The van der Waals surface area contributed by atoms with Gasteiger partial charge in [-0.3, -0.25) is 4.79 Å². The van der Waals surface area contributed by atoms with Crippen molar-refractivity contribution < 1.29 is 4.79 Å². The van der Waals surface area contributed by atoms with E-state index >= 15 is 0 Å². The van der Waals surface area contributed by atoms with Crippen LogP contribution in [0.5, 0.6) is 0 Å². The Morgan fingerprint density at radius 1 is 1.33 bits per heavy atom. The standard InChI is InChI=1S/C14H19ClN2O/c1-14(7-3-2-4-8-14)17-13(18)11-6-5-10(15)9-12(11)16/h5-6,9H,2-4,7-8,16H2,1H3,(H,17,18). The molecule has 1 amide bonds. The van der Waals surface area contributed by atoms with Crippen molar-refractivity contribution >= 4 is 23.2 Å². The summed E-state index contributed by atoms with van der Waals surface area (Å²) >= 11 is 5.83. The average Bonchev–Trinajstić information content (AvgIpc) is 2.28. The largest absolute Gasteiger partial charge is 0.398 e. The first-order valence-electron chi connectivity index (χ1n) is 6.38. The summed E-state index contributed by atoms with van der Waals surface area (Å²) in [6.07, 6.45) is 5.67. The highest BCUT2D eigenvalue weighted by Gasteiger charge is 2.29. The van der Waals surface area contributed by atoms with E-state index < -0.39 is 0 Å². The van der Waals surface area contributed by atoms with Crippen LogP contribution in [0.25, 0.3) is 0 Å². The predicted molar refractivity (Wildman–Crippen MR) is 74.8 cm³/mol. The first-order chi connectivity index (χ1) is 8.50. The lowest BCUT2D eigenvalue weighted by Crippen LogP contribution is -2.47. The molecular weight excluding hydrogens is 248 g/mol. The Kier molecular flexibility index (Phi) is 3.81. The van der Waals surface area contributed by atoms with Crippen molar-refractivity contribution in [3.05, 3.63) is 28.8 Å². The Labute approximate surface area is 113 Å². The summed E-state index contributed by atoms with van der Waals surface area (Å²) in [6, 6.07) is 4.98. The van der Waals surface area contributed by atoms with Gasteiger partial charge in [0.15, 0.2) is 0 Å². The van der Waals surface area contributed by atoms with E-state index in [2.05, 4.69) is 12.2 Å². The topological polar surface area (TPSA) is 55.1 Å². The van der Waals surface area contributed by atoms with E-state index in [0.717, 1.165) is 12.8 Å². The minimum absolute atomic E-state index is 0.0958. The number of nitrogens with one attached hydrogen (secondary N) is 1. The van der Waals surface area contributed by atoms with E-state index in [1.165, 1.54) is 19.3 Å². The van der Waals surface area contributed by atoms with Gasteiger partial charge in [0.25, 0.3) is 5.91 Å². The Morgan fingerprint density at radius 3 is 2.61 bits per heavy atom. The van der Waals surface area contributed by atoms with Crippen LogP contribution in [0.2, 0.25) is 5.02 Å². The molecule has 3 N–H and O–H groups in total. The molecule has 0 heterocycles. The molecular formula is C14H19ClN2O. The van der Waals surface area contributed by atoms with Gasteiger partial charge in [-0.2, -0.15) is 0 Å². The molecule has 3 nitrogen and oxygen atoms in total. The monoisotopic (exact) mass is 266 g/mol. The Hall–Kier alpha value is -1.22. The van der Waals surface area contributed by atoms with E-state index in [1.807, 2.05) is 0 Å². The highest BCUT2D eigenvalue weighted by atomic mass is 35.5. The van der Waals surface area contributed by atoms with Crippen molar-refractivity contribution in [2.45, 2.75) is 44.6 Å². The van der Waals surface area contributed by atoms with Crippen LogP contribution in [0.3, 0.4) is 0 Å². The third-order valence-corrected chi connectivity index (χ3v) is 3.87. The van der Waals surface area contributed by atoms with Gasteiger partial charge in [0.05, 0.1) is 5.56 Å². The van der Waals surface area contributed by atoms with Crippen LogP contribution >= 0.6 is 11.6 Å². The molecule has 0 aliphatic heterocycles. The molecule has 1 saturated carbocycles. The molecule has 4 heteroatoms. The number of halogens is 1. The highest BCUT2D eigenvalue weighted by molar-refractivity contribution is 6.31. The summed E-state index contributed by atoms with van der Waals surface area (Å²) in [6.45, 7) is 2.11. The lowest BCUT2D eigenvalue weighted by Gasteiger charge is -2.34. The van der Waals surface area contributed by atoms with Gasteiger partial charge >= 0.3 is 0 Å². The maximum absolute atomic E-state index is 12.2. The molecule has 98 valence electrons. The van der Waals surface area contributed by atoms with E-state index in [1.54, 1.807) is 18.2 Å². The molecule has 0 unspecified atom stereocenters. The summed E-state index contributed by atoms with van der Waals surface area (Å²) in [7, 11) is 0. The second-order valence-electron chi connectivity index (χ2n) is 5.31. The molecule has 0 radical (unpaired) electrons. The molecule has 0 atom stereocenters. The zero-order valence-corrected chi connectivity index (χ0v) is 11.4. The molecule has 18 heavy (non-hydrogen) atoms. The van der Waals surface area contributed by atoms with Crippen molar-refractivity contribution in [1.82, 2.24) is 5.32 Å². The van der Waals surface area contributed by atoms with Crippen LogP contribution in [-0.4, -0.2) is 11.4 Å². The maximum atomic E-state index is 12.2. The quantitative estimate of drug-likeness (QED) is 0.807. The number of nitrogen functional groups attached to an aromatic ring is 1. The molecule has 1 aromatic rings. The number of carbonyl (C=O) groups is 1. The Bertz CT molecular complexity index is 453. The van der Waals surface area contributed by atoms with Crippen LogP contribution in [0.4, 0.5) is 5.69 Å². The number of nitrogens with two attached hydrogens (primary N) is 1. The number of benzene rings is 1. The predicted octanol–water partition coefficient (Wildman–Crippen LogP) is 3.37. The molecule has 1 fully saturated rings. The van der Waals surface area contributed by atoms with Gasteiger partial charge in [-0.25, -0.2) is 0 Å². The fraction of sp³-hybridized carbons (Fsp3) is 0.500. The second kappa shape index (κ2) is 5.19. The van der Waals surface area contributed by atoms with Gasteiger partial charge in [-0.05, 0) is 38.0 Å². The lowest BCUT2D eigenvalue weighted by molar-refractivity contribution is 0.0883. The smallest absolute Gasteiger partial charge is 0.253 e. The van der Waals surface area contributed by atoms with Gasteiger partial charge in [-0.1, -0.05) is 30.9 Å². The van der Waals surface area contributed by atoms with Crippen LogP contribution in [0, 0.1) is 0 Å². The van der Waals surface area contributed by atoms with Crippen LogP contribution < -0.4 is 11.1 Å². The van der Waals surface area contributed by atoms with Crippen molar-refractivity contribution in [2.75, 3.05) is 5.73 Å². The third-order valence-electron chi connectivity index (χ3n) is 3.63. The zero-order valence-electron chi connectivity index (χ0n) is 10.6. The number of anilines is 1. The van der Waals surface area contributed by atoms with Gasteiger partial charge in [0.2, 0.25) is 0 Å².